The Morgan fingerprint density at radius 3 is 3.00 bits per heavy atom. The van der Waals surface area contributed by atoms with Crippen LogP contribution >= 0.6 is 8.03 Å². The van der Waals surface area contributed by atoms with Gasteiger partial charge >= 0.3 is 20.0 Å². The maximum atomic E-state index is 11.2. The largest absolute Gasteiger partial charge is 0.557 e. The van der Waals surface area contributed by atoms with Gasteiger partial charge in [-0.15, -0.1) is 4.52 Å². The van der Waals surface area contributed by atoms with Crippen molar-refractivity contribution in [2.75, 3.05) is 13.2 Å². The van der Waals surface area contributed by atoms with Crippen LogP contribution in [0.5, 0.6) is 0 Å². The van der Waals surface area contributed by atoms with Gasteiger partial charge in [-0.25, -0.2) is 4.79 Å². The Balaban J connectivity index is 2.20. The van der Waals surface area contributed by atoms with Crippen LogP contribution in [-0.4, -0.2) is 25.2 Å². The summed E-state index contributed by atoms with van der Waals surface area (Å²) >= 11 is 0. The molecule has 0 aromatic heterocycles. The molecule has 74 valence electrons. The Morgan fingerprint density at radius 1 is 1.69 bits per heavy atom. The lowest BCUT2D eigenvalue weighted by molar-refractivity contribution is 0.126. The van der Waals surface area contributed by atoms with Gasteiger partial charge in [0.25, 0.3) is 0 Å². The zero-order valence-corrected chi connectivity index (χ0v) is 8.29. The first-order valence-electron chi connectivity index (χ1n) is 4.16. The van der Waals surface area contributed by atoms with Gasteiger partial charge in [0.05, 0.1) is 0 Å². The predicted octanol–water partition coefficient (Wildman–Crippen LogP) is 2.04. The van der Waals surface area contributed by atoms with Gasteiger partial charge in [0.1, 0.15) is 6.61 Å². The van der Waals surface area contributed by atoms with Crippen LogP contribution < -0.4 is 0 Å². The Kier molecular flexibility index (Phi) is 4.12. The second kappa shape index (κ2) is 5.14. The van der Waals surface area contributed by atoms with E-state index in [1.165, 1.54) is 0 Å². The number of rotatable bonds is 5. The van der Waals surface area contributed by atoms with Crippen molar-refractivity contribution in [1.82, 2.24) is 0 Å². The lowest BCUT2D eigenvalue weighted by Crippen LogP contribution is -2.05. The normalized spacial score (nSPS) is 22.4. The molecule has 0 spiro atoms. The Morgan fingerprint density at radius 2 is 2.46 bits per heavy atom. The van der Waals surface area contributed by atoms with E-state index in [1.807, 2.05) is 6.92 Å². The van der Waals surface area contributed by atoms with E-state index in [0.29, 0.717) is 6.61 Å². The molecule has 1 aliphatic heterocycles. The number of cyclic esters (lactones) is 2. The van der Waals surface area contributed by atoms with E-state index in [1.54, 1.807) is 0 Å². The Hall–Kier alpha value is -0.670. The van der Waals surface area contributed by atoms with Crippen molar-refractivity contribution in [1.29, 1.82) is 0 Å². The summed E-state index contributed by atoms with van der Waals surface area (Å²) in [5.74, 6) is -0.723. The first kappa shape index (κ1) is 10.4. The molecule has 1 aliphatic rings. The minimum atomic E-state index is -1.94. The van der Waals surface area contributed by atoms with Gasteiger partial charge in [-0.2, -0.15) is 0 Å². The maximum Gasteiger partial charge on any atom is 0.557 e. The number of ether oxygens (including phenoxy) is 2. The van der Waals surface area contributed by atoms with Crippen molar-refractivity contribution in [3.8, 4) is 0 Å². The highest BCUT2D eigenvalue weighted by Gasteiger charge is 2.43. The average Bonchev–Trinajstić information content (AvgIpc) is 2.52. The monoisotopic (exact) mass is 207 g/mol. The smallest absolute Gasteiger partial charge is 0.425 e. The van der Waals surface area contributed by atoms with Gasteiger partial charge < -0.3 is 9.47 Å². The molecule has 2 atom stereocenters. The van der Waals surface area contributed by atoms with Crippen molar-refractivity contribution in [3.63, 3.8) is 0 Å². The van der Waals surface area contributed by atoms with E-state index in [4.69, 9.17) is 4.52 Å². The average molecular weight is 207 g/mol. The van der Waals surface area contributed by atoms with E-state index >= 15 is 0 Å². The fourth-order valence-electron chi connectivity index (χ4n) is 0.804. The first-order valence-corrected chi connectivity index (χ1v) is 5.41. The molecule has 0 bridgehead atoms. The molecule has 1 rings (SSSR count). The van der Waals surface area contributed by atoms with E-state index in [-0.39, 0.29) is 6.61 Å². The molecule has 0 radical (unpaired) electrons. The summed E-state index contributed by atoms with van der Waals surface area (Å²) in [5.41, 5.74) is 0. The van der Waals surface area contributed by atoms with E-state index < -0.39 is 20.0 Å². The van der Waals surface area contributed by atoms with Crippen molar-refractivity contribution >= 4 is 14.2 Å². The van der Waals surface area contributed by atoms with Crippen LogP contribution in [0.4, 0.5) is 4.79 Å². The van der Waals surface area contributed by atoms with Gasteiger partial charge in [-0.1, -0.05) is 13.3 Å². The fourth-order valence-corrected chi connectivity index (χ4v) is 1.65. The van der Waals surface area contributed by atoms with Crippen LogP contribution in [0.1, 0.15) is 19.8 Å². The summed E-state index contributed by atoms with van der Waals surface area (Å²) in [5, 5.41) is 0. The number of carbonyl (C=O) groups is 1. The van der Waals surface area contributed by atoms with Crippen molar-refractivity contribution in [2.45, 2.75) is 25.6 Å². The third kappa shape index (κ3) is 3.28. The molecular weight excluding hydrogens is 195 g/mol. The second-order valence-corrected chi connectivity index (χ2v) is 4.01. The first-order chi connectivity index (χ1) is 6.24. The number of hydrogen-bond donors (Lipinski definition) is 0. The highest BCUT2D eigenvalue weighted by atomic mass is 31.1. The van der Waals surface area contributed by atoms with Gasteiger partial charge in [-0.05, 0) is 11.0 Å². The molecule has 1 saturated heterocycles. The molecule has 0 saturated carbocycles. The van der Waals surface area contributed by atoms with Gasteiger partial charge in [-0.3, -0.25) is 0 Å². The number of hydrogen-bond acceptors (Lipinski definition) is 5. The second-order valence-electron chi connectivity index (χ2n) is 2.61. The predicted molar refractivity (Wildman–Crippen MR) is 44.7 cm³/mol. The van der Waals surface area contributed by atoms with Gasteiger partial charge in [0.2, 0.25) is 0 Å². The molecule has 2 unspecified atom stereocenters. The van der Waals surface area contributed by atoms with Crippen LogP contribution in [0.25, 0.3) is 0 Å². The molecule has 5 nitrogen and oxygen atoms in total. The number of unbranched alkanes of at least 4 members (excludes halogenated alkanes) is 1. The summed E-state index contributed by atoms with van der Waals surface area (Å²) in [4.78, 5) is 10.5. The van der Waals surface area contributed by atoms with Crippen molar-refractivity contribution in [3.05, 3.63) is 0 Å². The van der Waals surface area contributed by atoms with Crippen LogP contribution in [0.15, 0.2) is 0 Å². The molecule has 0 N–H and O–H groups in total. The minimum absolute atomic E-state index is 0.0279. The van der Waals surface area contributed by atoms with Crippen molar-refractivity contribution in [2.24, 2.45) is 0 Å². The van der Waals surface area contributed by atoms with Crippen LogP contribution in [0, 0.1) is 0 Å². The standard InChI is InChI=1S/C7H12O5P/c1-2-3-4-11-13(9)6-5-10-7(8)12-6/h6H,2-5H2,1H3/q+1. The molecule has 0 aromatic rings. The SMILES string of the molecule is CCCCO[P+](=O)C1COC(=O)O1. The lowest BCUT2D eigenvalue weighted by atomic mass is 10.4. The molecule has 0 aromatic carbocycles. The van der Waals surface area contributed by atoms with E-state index in [2.05, 4.69) is 9.47 Å². The van der Waals surface area contributed by atoms with Crippen LogP contribution in [0.2, 0.25) is 0 Å². The Bertz CT molecular complexity index is 205. The van der Waals surface area contributed by atoms with Gasteiger partial charge in [0, 0.05) is 0 Å². The quantitative estimate of drug-likeness (QED) is 0.392. The summed E-state index contributed by atoms with van der Waals surface area (Å²) in [6.07, 6.45) is 1.06. The third-order valence-corrected chi connectivity index (χ3v) is 2.69. The fraction of sp³-hybridized carbons (Fsp3) is 0.857. The molecule has 0 amide bonds. The molecule has 0 aliphatic carbocycles. The molecule has 1 heterocycles. The van der Waals surface area contributed by atoms with Crippen molar-refractivity contribution < 1.29 is 23.4 Å². The van der Waals surface area contributed by atoms with E-state index in [9.17, 15) is 9.36 Å². The molecule has 13 heavy (non-hydrogen) atoms. The zero-order chi connectivity index (χ0) is 9.68. The van der Waals surface area contributed by atoms with Gasteiger partial charge in [0.15, 0.2) is 6.61 Å². The molecular formula is C7H12O5P+. The number of carbonyl (C=O) groups excluding carboxylic acids is 1. The summed E-state index contributed by atoms with van der Waals surface area (Å²) < 4.78 is 25.3. The van der Waals surface area contributed by atoms with Crippen LogP contribution in [-0.2, 0) is 18.6 Å². The summed E-state index contributed by atoms with van der Waals surface area (Å²) in [7, 11) is -1.94. The summed E-state index contributed by atoms with van der Waals surface area (Å²) in [6.45, 7) is 2.47. The molecule has 1 fully saturated rings. The third-order valence-electron chi connectivity index (χ3n) is 1.53. The summed E-state index contributed by atoms with van der Waals surface area (Å²) in [6, 6.07) is 0. The minimum Gasteiger partial charge on any atom is -0.425 e. The highest BCUT2D eigenvalue weighted by molar-refractivity contribution is 7.39. The Labute approximate surface area is 77.2 Å². The molecule has 6 heteroatoms. The lowest BCUT2D eigenvalue weighted by Gasteiger charge is -1.92. The topological polar surface area (TPSA) is 61.8 Å². The van der Waals surface area contributed by atoms with E-state index in [0.717, 1.165) is 12.8 Å². The zero-order valence-electron chi connectivity index (χ0n) is 7.39. The maximum absolute atomic E-state index is 11.2. The van der Waals surface area contributed by atoms with Crippen LogP contribution in [0.3, 0.4) is 0 Å². The highest BCUT2D eigenvalue weighted by Crippen LogP contribution is 2.33.